The van der Waals surface area contributed by atoms with Crippen LogP contribution in [-0.2, 0) is 11.3 Å². The van der Waals surface area contributed by atoms with E-state index in [1.165, 1.54) is 6.07 Å². The summed E-state index contributed by atoms with van der Waals surface area (Å²) >= 11 is 0. The Kier molecular flexibility index (Phi) is 8.28. The lowest BCUT2D eigenvalue weighted by atomic mass is 10.2. The molecule has 0 aliphatic carbocycles. The molecule has 0 bridgehead atoms. The maximum atomic E-state index is 12.5. The minimum atomic E-state index is -4.39. The average molecular weight is 556 g/mol. The van der Waals surface area contributed by atoms with Gasteiger partial charge < -0.3 is 24.6 Å². The molecule has 174 valence electrons. The van der Waals surface area contributed by atoms with Gasteiger partial charge in [-0.3, -0.25) is 4.99 Å². The van der Waals surface area contributed by atoms with Gasteiger partial charge in [-0.05, 0) is 26.8 Å². The van der Waals surface area contributed by atoms with Crippen LogP contribution in [-0.4, -0.2) is 72.5 Å². The summed E-state index contributed by atoms with van der Waals surface area (Å²) in [6, 6.07) is 6.66. The van der Waals surface area contributed by atoms with Crippen LogP contribution in [0.3, 0.4) is 0 Å². The fourth-order valence-electron chi connectivity index (χ4n) is 3.35. The first-order valence-electron chi connectivity index (χ1n) is 9.82. The molecule has 0 radical (unpaired) electrons. The second-order valence-corrected chi connectivity index (χ2v) is 8.30. The Morgan fingerprint density at radius 3 is 2.61 bits per heavy atom. The monoisotopic (exact) mass is 556 g/mol. The Morgan fingerprint density at radius 2 is 1.94 bits per heavy atom. The largest absolute Gasteiger partial charge is 0.484 e. The molecule has 1 aromatic carbocycles. The average Bonchev–Trinajstić information content (AvgIpc) is 3.05. The molecular formula is C20H28F3IN4O3. The van der Waals surface area contributed by atoms with Gasteiger partial charge in [-0.1, -0.05) is 18.2 Å². The van der Waals surface area contributed by atoms with Crippen molar-refractivity contribution in [3.8, 4) is 5.75 Å². The quantitative estimate of drug-likeness (QED) is 0.575. The van der Waals surface area contributed by atoms with Crippen molar-refractivity contribution < 1.29 is 27.4 Å². The molecule has 1 atom stereocenters. The number of fused-ring (bicyclic) bond motifs is 1. The topological polar surface area (TPSA) is 66.4 Å². The van der Waals surface area contributed by atoms with Crippen molar-refractivity contribution in [3.05, 3.63) is 29.8 Å². The maximum absolute atomic E-state index is 12.5. The summed E-state index contributed by atoms with van der Waals surface area (Å²) in [4.78, 5) is 20.6. The van der Waals surface area contributed by atoms with E-state index in [0.29, 0.717) is 37.7 Å². The van der Waals surface area contributed by atoms with Crippen molar-refractivity contribution >= 4 is 36.0 Å². The number of piperazine rings is 1. The highest BCUT2D eigenvalue weighted by Gasteiger charge is 2.36. The number of carbonyl (C=O) groups excluding carboxylic acids is 1. The smallest absolute Gasteiger partial charge is 0.422 e. The molecule has 31 heavy (non-hydrogen) atoms. The van der Waals surface area contributed by atoms with Crippen LogP contribution in [0, 0.1) is 0 Å². The molecule has 2 heterocycles. The molecule has 1 N–H and O–H groups in total. The van der Waals surface area contributed by atoms with Crippen molar-refractivity contribution in [1.29, 1.82) is 0 Å². The molecule has 1 unspecified atom stereocenters. The van der Waals surface area contributed by atoms with E-state index < -0.39 is 18.4 Å². The molecule has 1 fully saturated rings. The van der Waals surface area contributed by atoms with E-state index in [9.17, 15) is 18.0 Å². The molecule has 3 rings (SSSR count). The van der Waals surface area contributed by atoms with Gasteiger partial charge in [0.25, 0.3) is 0 Å². The number of carbonyl (C=O) groups is 1. The lowest BCUT2D eigenvalue weighted by molar-refractivity contribution is -0.153. The molecule has 0 spiro atoms. The zero-order chi connectivity index (χ0) is 21.9. The van der Waals surface area contributed by atoms with E-state index in [4.69, 9.17) is 9.47 Å². The fourth-order valence-corrected chi connectivity index (χ4v) is 3.35. The van der Waals surface area contributed by atoms with Crippen LogP contribution in [0.15, 0.2) is 29.3 Å². The number of nitrogens with one attached hydrogen (secondary N) is 1. The van der Waals surface area contributed by atoms with Crippen molar-refractivity contribution in [1.82, 2.24) is 15.1 Å². The van der Waals surface area contributed by atoms with Crippen LogP contribution in [0.25, 0.3) is 0 Å². The molecule has 2 aliphatic rings. The van der Waals surface area contributed by atoms with Crippen LogP contribution in [0.4, 0.5) is 18.0 Å². The van der Waals surface area contributed by atoms with Crippen LogP contribution in [0.5, 0.6) is 5.75 Å². The summed E-state index contributed by atoms with van der Waals surface area (Å²) in [5, 5.41) is 3.20. The van der Waals surface area contributed by atoms with Gasteiger partial charge in [0, 0.05) is 31.7 Å². The third kappa shape index (κ3) is 7.32. The lowest BCUT2D eigenvalue weighted by Gasteiger charge is -2.39. The predicted molar refractivity (Wildman–Crippen MR) is 121 cm³/mol. The van der Waals surface area contributed by atoms with Crippen LogP contribution < -0.4 is 10.1 Å². The second kappa shape index (κ2) is 10.1. The number of halogens is 4. The number of amides is 1. The minimum absolute atomic E-state index is 0. The maximum Gasteiger partial charge on any atom is 0.422 e. The number of nitrogens with zero attached hydrogens (tertiary/aromatic N) is 3. The first-order valence-corrected chi connectivity index (χ1v) is 9.82. The van der Waals surface area contributed by atoms with Gasteiger partial charge in [0.1, 0.15) is 11.4 Å². The van der Waals surface area contributed by atoms with Crippen molar-refractivity contribution in [2.45, 2.75) is 45.1 Å². The molecule has 7 nitrogen and oxygen atoms in total. The number of ether oxygens (including phenoxy) is 2. The number of aliphatic imine (C=N–C) groups is 1. The van der Waals surface area contributed by atoms with Crippen molar-refractivity contribution in [2.24, 2.45) is 4.99 Å². The van der Waals surface area contributed by atoms with E-state index in [1.807, 2.05) is 20.8 Å². The molecule has 1 amide bonds. The highest BCUT2D eigenvalue weighted by atomic mass is 127. The van der Waals surface area contributed by atoms with Crippen LogP contribution in [0.1, 0.15) is 26.3 Å². The number of rotatable bonds is 4. The number of benzene rings is 1. The normalized spacial score (nSPS) is 18.6. The summed E-state index contributed by atoms with van der Waals surface area (Å²) in [6.07, 6.45) is -4.73. The zero-order valence-corrected chi connectivity index (χ0v) is 20.1. The summed E-state index contributed by atoms with van der Waals surface area (Å²) in [7, 11) is 0. The van der Waals surface area contributed by atoms with Gasteiger partial charge in [0.2, 0.25) is 0 Å². The zero-order valence-electron chi connectivity index (χ0n) is 17.7. The molecule has 2 aliphatic heterocycles. The number of alkyl halides is 3. The molecule has 1 saturated heterocycles. The molecule has 0 aromatic heterocycles. The van der Waals surface area contributed by atoms with Gasteiger partial charge in [-0.25, -0.2) is 4.79 Å². The first kappa shape index (κ1) is 25.3. The summed E-state index contributed by atoms with van der Waals surface area (Å²) < 4.78 is 47.8. The third-order valence-electron chi connectivity index (χ3n) is 4.66. The Hall–Kier alpha value is -1.92. The minimum Gasteiger partial charge on any atom is -0.484 e. The Bertz CT molecular complexity index is 799. The lowest BCUT2D eigenvalue weighted by Crippen LogP contribution is -2.57. The number of hydrogen-bond donors (Lipinski definition) is 1. The molecule has 1 aromatic rings. The predicted octanol–water partition coefficient (Wildman–Crippen LogP) is 3.63. The summed E-state index contributed by atoms with van der Waals surface area (Å²) in [6.45, 7) is 6.60. The van der Waals surface area contributed by atoms with Gasteiger partial charge in [-0.15, -0.1) is 24.0 Å². The highest BCUT2D eigenvalue weighted by Crippen LogP contribution is 2.23. The number of para-hydroxylation sites is 1. The van der Waals surface area contributed by atoms with E-state index in [2.05, 4.69) is 15.2 Å². The molecular weight excluding hydrogens is 528 g/mol. The number of guanidine groups is 1. The Morgan fingerprint density at radius 1 is 1.23 bits per heavy atom. The van der Waals surface area contributed by atoms with Gasteiger partial charge >= 0.3 is 12.3 Å². The molecule has 11 heteroatoms. The van der Waals surface area contributed by atoms with E-state index in [1.54, 1.807) is 23.1 Å². The van der Waals surface area contributed by atoms with Gasteiger partial charge in [0.15, 0.2) is 12.6 Å². The van der Waals surface area contributed by atoms with Gasteiger partial charge in [-0.2, -0.15) is 13.2 Å². The Labute approximate surface area is 197 Å². The number of hydrogen-bond acceptors (Lipinski definition) is 6. The fraction of sp³-hybridized carbons (Fsp3) is 0.600. The summed E-state index contributed by atoms with van der Waals surface area (Å²) in [5.41, 5.74) is 0.0644. The summed E-state index contributed by atoms with van der Waals surface area (Å²) in [5.74, 6) is 0.863. The second-order valence-electron chi connectivity index (χ2n) is 8.30. The van der Waals surface area contributed by atoms with Crippen LogP contribution in [0.2, 0.25) is 0 Å². The van der Waals surface area contributed by atoms with E-state index in [-0.39, 0.29) is 48.4 Å². The van der Waals surface area contributed by atoms with E-state index in [0.717, 1.165) is 0 Å². The Balaban J connectivity index is 0.00000341. The third-order valence-corrected chi connectivity index (χ3v) is 4.66. The van der Waals surface area contributed by atoms with Crippen molar-refractivity contribution in [2.75, 3.05) is 32.8 Å². The van der Waals surface area contributed by atoms with E-state index >= 15 is 0 Å². The van der Waals surface area contributed by atoms with Crippen LogP contribution >= 0.6 is 24.0 Å². The standard InChI is InChI=1S/C20H27F3N4O3.HI/c1-19(2,3)30-18(28)26-8-9-27-15(12-26)11-25-17(27)24-10-14-6-4-5-7-16(14)29-13-20(21,22)23;/h4-7,15H,8-13H2,1-3H3,(H,24,25);1H. The first-order chi connectivity index (χ1) is 14.0. The van der Waals surface area contributed by atoms with Gasteiger partial charge in [0.05, 0.1) is 12.6 Å². The molecule has 0 saturated carbocycles. The SMILES string of the molecule is CC(C)(C)OC(=O)N1CCN2C(NCc3ccccc3OCC(F)(F)F)=NCC2C1.I. The van der Waals surface area contributed by atoms with Crippen molar-refractivity contribution in [3.63, 3.8) is 0 Å². The highest BCUT2D eigenvalue weighted by molar-refractivity contribution is 14.0.